The number of anilines is 1. The van der Waals surface area contributed by atoms with E-state index in [1.54, 1.807) is 64.3 Å². The smallest absolute Gasteiger partial charge is 0.329 e. The highest BCUT2D eigenvalue weighted by Gasteiger charge is 2.61. The maximum Gasteiger partial charge on any atom is 0.329 e. The number of nitrogens with one attached hydrogen (secondary N) is 4. The van der Waals surface area contributed by atoms with Crippen LogP contribution in [0.2, 0.25) is 0 Å². The zero-order valence-electron chi connectivity index (χ0n) is 39.9. The predicted octanol–water partition coefficient (Wildman–Crippen LogP) is 6.28. The van der Waals surface area contributed by atoms with Gasteiger partial charge in [-0.2, -0.15) is 4.31 Å². The number of amides is 4. The summed E-state index contributed by atoms with van der Waals surface area (Å²) in [6, 6.07) is 10.5. The number of fused-ring (bicyclic) bond motifs is 2. The molecule has 1 aliphatic carbocycles. The number of carbonyl (C=O) groups excluding carboxylic acids is 3. The molecule has 2 unspecified atom stereocenters. The summed E-state index contributed by atoms with van der Waals surface area (Å²) < 4.78 is 41.2. The number of carboxylic acid groups (broad SMARTS) is 1. The number of hydrogen-bond donors (Lipinski definition) is 5. The van der Waals surface area contributed by atoms with E-state index >= 15 is 4.79 Å². The Bertz CT molecular complexity index is 2640. The van der Waals surface area contributed by atoms with E-state index in [0.29, 0.717) is 46.6 Å². The van der Waals surface area contributed by atoms with Gasteiger partial charge in [0, 0.05) is 54.5 Å². The van der Waals surface area contributed by atoms with Crippen molar-refractivity contribution in [3.8, 4) is 22.9 Å². The summed E-state index contributed by atoms with van der Waals surface area (Å²) in [6.07, 6.45) is 0.586. The third kappa shape index (κ3) is 10.5. The zero-order valence-corrected chi connectivity index (χ0v) is 41.6. The molecule has 2 fully saturated rings. The number of thiazole rings is 1. The fraction of sp³-hybridized carbons (Fsp3) is 0.542. The largest absolute Gasteiger partial charge is 0.497 e. The number of rotatable bonds is 15. The van der Waals surface area contributed by atoms with Crippen molar-refractivity contribution >= 4 is 61.2 Å². The minimum Gasteiger partial charge on any atom is -0.497 e. The third-order valence-corrected chi connectivity index (χ3v) is 15.7. The molecule has 0 spiro atoms. The van der Waals surface area contributed by atoms with Crippen LogP contribution in [0.5, 0.6) is 11.5 Å². The number of sulfonamides is 1. The van der Waals surface area contributed by atoms with Crippen molar-refractivity contribution in [1.82, 2.24) is 35.1 Å². The Labute approximate surface area is 396 Å². The Morgan fingerprint density at radius 3 is 2.36 bits per heavy atom. The number of carbonyl (C=O) groups is 4. The van der Waals surface area contributed by atoms with Gasteiger partial charge < -0.3 is 40.7 Å². The Morgan fingerprint density at radius 2 is 1.72 bits per heavy atom. The zero-order chi connectivity index (χ0) is 48.8. The van der Waals surface area contributed by atoms with Crippen molar-refractivity contribution in [2.24, 2.45) is 16.7 Å². The second-order valence-corrected chi connectivity index (χ2v) is 23.1. The number of methoxy groups -OCH3 is 1. The molecule has 2 aromatic heterocycles. The van der Waals surface area contributed by atoms with Gasteiger partial charge in [0.25, 0.3) is 0 Å². The molecule has 4 amide bonds. The molecular formula is C48H64N8O9S2. The van der Waals surface area contributed by atoms with Crippen LogP contribution < -0.4 is 30.7 Å². The van der Waals surface area contributed by atoms with Crippen molar-refractivity contribution in [1.29, 1.82) is 0 Å². The Balaban J connectivity index is 1.17. The fourth-order valence-electron chi connectivity index (χ4n) is 8.93. The number of hydrogen-bond acceptors (Lipinski definition) is 12. The van der Waals surface area contributed by atoms with Crippen LogP contribution in [-0.2, 0) is 30.8 Å². The molecule has 6 atom stereocenters. The maximum atomic E-state index is 15.1. The number of likely N-dealkylation sites (tertiary alicyclic amines) is 1. The normalized spacial score (nSPS) is 22.4. The maximum absolute atomic E-state index is 15.1. The van der Waals surface area contributed by atoms with E-state index in [2.05, 4.69) is 21.3 Å². The third-order valence-electron chi connectivity index (χ3n) is 13.0. The van der Waals surface area contributed by atoms with Crippen molar-refractivity contribution < 1.29 is 42.2 Å². The van der Waals surface area contributed by atoms with Gasteiger partial charge >= 0.3 is 12.0 Å². The summed E-state index contributed by atoms with van der Waals surface area (Å²) in [5.41, 5.74) is -0.503. The molecule has 0 bridgehead atoms. The fourth-order valence-corrected chi connectivity index (χ4v) is 11.5. The molecule has 2 aromatic carbocycles. The average molecular weight is 961 g/mol. The molecule has 1 saturated heterocycles. The number of pyridine rings is 1. The highest BCUT2D eigenvalue weighted by molar-refractivity contribution is 7.89. The van der Waals surface area contributed by atoms with Crippen LogP contribution in [0, 0.1) is 16.7 Å². The first-order valence-corrected chi connectivity index (χ1v) is 25.2. The van der Waals surface area contributed by atoms with E-state index in [1.807, 2.05) is 59.1 Å². The first-order valence-electron chi connectivity index (χ1n) is 22.8. The van der Waals surface area contributed by atoms with E-state index in [-0.39, 0.29) is 49.3 Å². The van der Waals surface area contributed by atoms with Crippen molar-refractivity contribution in [2.75, 3.05) is 32.1 Å². The highest BCUT2D eigenvalue weighted by Crippen LogP contribution is 2.46. The lowest BCUT2D eigenvalue weighted by atomic mass is 9.85. The summed E-state index contributed by atoms with van der Waals surface area (Å²) in [7, 11) is -2.28. The molecule has 1 saturated carbocycles. The summed E-state index contributed by atoms with van der Waals surface area (Å²) in [5, 5.41) is 25.6. The van der Waals surface area contributed by atoms with Gasteiger partial charge in [-0.15, -0.1) is 11.3 Å². The average Bonchev–Trinajstić information content (AvgIpc) is 3.52. The molecule has 7 rings (SSSR count). The summed E-state index contributed by atoms with van der Waals surface area (Å²) in [5.74, 6) is -1.61. The molecule has 3 aliphatic rings. The van der Waals surface area contributed by atoms with Gasteiger partial charge in [0.1, 0.15) is 40.9 Å². The first kappa shape index (κ1) is 49.4. The molecule has 4 aromatic rings. The van der Waals surface area contributed by atoms with Gasteiger partial charge in [-0.25, -0.2) is 28.0 Å². The second kappa shape index (κ2) is 18.9. The quantitative estimate of drug-likeness (QED) is 0.0889. The number of aliphatic carboxylic acids is 1. The predicted molar refractivity (Wildman–Crippen MR) is 257 cm³/mol. The summed E-state index contributed by atoms with van der Waals surface area (Å²) >= 11 is 1.44. The van der Waals surface area contributed by atoms with Crippen molar-refractivity contribution in [3.63, 3.8) is 0 Å². The Kier molecular flexibility index (Phi) is 13.9. The number of urea groups is 1. The Hall–Kier alpha value is -5.53. The van der Waals surface area contributed by atoms with E-state index in [1.165, 1.54) is 20.5 Å². The molecule has 2 aliphatic heterocycles. The number of carboxylic acids is 1. The highest BCUT2D eigenvalue weighted by atomic mass is 32.2. The standard InChI is InChI=1S/C48H64N8O9S2/c1-11-29-23-48(29,43(59)60)54-41(57)36-21-31(65-37-22-34(35-26-66-45(51-35)49-27(2)3)50-33-20-30(64-10)16-17-32(33)37)24-56(36)42(58)40(47(7,8)9)53-44(61)52-39(46(4,5)6)25-55-19-18-28-14-12-13-15-38(28)67(55,62)63/h12-17,20,22,26-27,29,31,36,39-40H,11,18-19,21,23-25H2,1-10H3,(H,49,51)(H,54,57)(H,59,60)(H2,52,53,61)/t29?,31-,36+,39?,40-,48-/m1/s1. The van der Waals surface area contributed by atoms with Gasteiger partial charge in [-0.3, -0.25) is 9.59 Å². The summed E-state index contributed by atoms with van der Waals surface area (Å²) in [4.78, 5) is 67.6. The van der Waals surface area contributed by atoms with E-state index < -0.39 is 74.4 Å². The molecule has 0 radical (unpaired) electrons. The molecule has 362 valence electrons. The van der Waals surface area contributed by atoms with Crippen LogP contribution >= 0.6 is 11.3 Å². The van der Waals surface area contributed by atoms with Crippen LogP contribution in [0.25, 0.3) is 22.3 Å². The van der Waals surface area contributed by atoms with Crippen LogP contribution in [-0.4, -0.2) is 119 Å². The molecule has 67 heavy (non-hydrogen) atoms. The summed E-state index contributed by atoms with van der Waals surface area (Å²) in [6.45, 7) is 17.2. The molecule has 4 heterocycles. The molecule has 19 heteroatoms. The topological polar surface area (TPSA) is 221 Å². The minimum atomic E-state index is -3.84. The Morgan fingerprint density at radius 1 is 0.985 bits per heavy atom. The van der Waals surface area contributed by atoms with Gasteiger partial charge in [0.05, 0.1) is 29.8 Å². The number of nitrogens with zero attached hydrogens (tertiary/aromatic N) is 4. The lowest BCUT2D eigenvalue weighted by Crippen LogP contribution is -2.62. The van der Waals surface area contributed by atoms with E-state index in [4.69, 9.17) is 19.4 Å². The van der Waals surface area contributed by atoms with Crippen LogP contribution in [0.4, 0.5) is 9.93 Å². The van der Waals surface area contributed by atoms with E-state index in [9.17, 15) is 27.9 Å². The van der Waals surface area contributed by atoms with Gasteiger partial charge in [-0.1, -0.05) is 73.1 Å². The SMILES string of the molecule is CCC1C[C@]1(NC(=O)[C@@H]1C[C@@H](Oc2cc(-c3csc(NC(C)C)n3)nc3cc(OC)ccc23)CN1C(=O)[C@@H](NC(=O)NC(CN1CCc2ccccc2S1(=O)=O)C(C)(C)C)C(C)(C)C)C(=O)O. The lowest BCUT2D eigenvalue weighted by Gasteiger charge is -2.39. The van der Waals surface area contributed by atoms with Crippen LogP contribution in [0.1, 0.15) is 87.1 Å². The molecule has 5 N–H and O–H groups in total. The number of ether oxygens (including phenoxy) is 2. The molecular weight excluding hydrogens is 897 g/mol. The first-order chi connectivity index (χ1) is 31.4. The molecule has 17 nitrogen and oxygen atoms in total. The van der Waals surface area contributed by atoms with Crippen molar-refractivity contribution in [3.05, 3.63) is 59.5 Å². The van der Waals surface area contributed by atoms with E-state index in [0.717, 1.165) is 10.7 Å². The number of aromatic nitrogens is 2. The second-order valence-electron chi connectivity index (χ2n) is 20.3. The van der Waals surface area contributed by atoms with Crippen LogP contribution in [0.3, 0.4) is 0 Å². The van der Waals surface area contributed by atoms with Gasteiger partial charge in [0.15, 0.2) is 5.13 Å². The number of benzene rings is 2. The lowest BCUT2D eigenvalue weighted by molar-refractivity contribution is -0.146. The van der Waals surface area contributed by atoms with Crippen LogP contribution in [0.15, 0.2) is 58.8 Å². The van der Waals surface area contributed by atoms with Gasteiger partial charge in [0.2, 0.25) is 21.8 Å². The monoisotopic (exact) mass is 960 g/mol. The van der Waals surface area contributed by atoms with Crippen molar-refractivity contribution in [2.45, 2.75) is 129 Å². The minimum absolute atomic E-state index is 0.00413. The van der Waals surface area contributed by atoms with Gasteiger partial charge in [-0.05, 0) is 67.2 Å².